The molecule has 2 aromatic carbocycles. The molecule has 0 spiro atoms. The van der Waals surface area contributed by atoms with E-state index in [0.29, 0.717) is 34.3 Å². The average molecular weight is 462 g/mol. The van der Waals surface area contributed by atoms with E-state index in [1.54, 1.807) is 25.3 Å². The number of hydrogen-bond donors (Lipinski definition) is 1. The number of benzene rings is 2. The van der Waals surface area contributed by atoms with Gasteiger partial charge < -0.3 is 19.0 Å². The SMILES string of the molecule is COc1ccc2c(C)c(CCC(=O)Nc3ccc(-c4noc(C(C)(C)C)n4)cc3)c(=O)oc2c1. The topological polar surface area (TPSA) is 107 Å². The van der Waals surface area contributed by atoms with Crippen LogP contribution in [0.15, 0.2) is 56.2 Å². The maximum atomic E-state index is 12.5. The fourth-order valence-electron chi connectivity index (χ4n) is 3.60. The van der Waals surface area contributed by atoms with Crippen LogP contribution in [0.25, 0.3) is 22.4 Å². The number of carbonyl (C=O) groups is 1. The van der Waals surface area contributed by atoms with Crippen LogP contribution in [0.5, 0.6) is 5.75 Å². The van der Waals surface area contributed by atoms with Crippen molar-refractivity contribution >= 4 is 22.6 Å². The highest BCUT2D eigenvalue weighted by Gasteiger charge is 2.22. The summed E-state index contributed by atoms with van der Waals surface area (Å²) in [7, 11) is 1.56. The lowest BCUT2D eigenvalue weighted by atomic mass is 9.97. The van der Waals surface area contributed by atoms with Crippen molar-refractivity contribution in [1.29, 1.82) is 0 Å². The summed E-state index contributed by atoms with van der Waals surface area (Å²) in [5.74, 6) is 1.48. The monoisotopic (exact) mass is 461 g/mol. The zero-order valence-electron chi connectivity index (χ0n) is 19.9. The van der Waals surface area contributed by atoms with Gasteiger partial charge in [0.1, 0.15) is 11.3 Å². The number of carbonyl (C=O) groups excluding carboxylic acids is 1. The van der Waals surface area contributed by atoms with Crippen LogP contribution in [0.2, 0.25) is 0 Å². The van der Waals surface area contributed by atoms with Crippen molar-refractivity contribution in [2.45, 2.75) is 46.0 Å². The Morgan fingerprint density at radius 1 is 1.12 bits per heavy atom. The summed E-state index contributed by atoms with van der Waals surface area (Å²) in [5.41, 5.74) is 2.53. The Kier molecular flexibility index (Phi) is 6.24. The van der Waals surface area contributed by atoms with Gasteiger partial charge in [0, 0.05) is 40.1 Å². The largest absolute Gasteiger partial charge is 0.497 e. The molecule has 0 aliphatic rings. The fourth-order valence-corrected chi connectivity index (χ4v) is 3.60. The molecular weight excluding hydrogens is 434 g/mol. The number of ether oxygens (including phenoxy) is 1. The molecule has 1 amide bonds. The van der Waals surface area contributed by atoms with Gasteiger partial charge in [-0.3, -0.25) is 4.79 Å². The van der Waals surface area contributed by atoms with E-state index in [1.165, 1.54) is 0 Å². The number of rotatable bonds is 6. The van der Waals surface area contributed by atoms with Crippen LogP contribution in [0.4, 0.5) is 5.69 Å². The third-order valence-corrected chi connectivity index (χ3v) is 5.59. The molecule has 0 unspecified atom stereocenters. The minimum absolute atomic E-state index is 0.148. The number of nitrogens with zero attached hydrogens (tertiary/aromatic N) is 2. The van der Waals surface area contributed by atoms with Crippen LogP contribution in [0.3, 0.4) is 0 Å². The molecule has 0 fully saturated rings. The van der Waals surface area contributed by atoms with Crippen LogP contribution < -0.4 is 15.7 Å². The number of amides is 1. The standard InChI is InChI=1S/C26H27N3O5/c1-15-19-11-10-18(32-5)14-21(19)33-24(31)20(15)12-13-22(30)27-17-8-6-16(7-9-17)23-28-25(34-29-23)26(2,3)4/h6-11,14H,12-13H2,1-5H3,(H,27,30). The van der Waals surface area contributed by atoms with Gasteiger partial charge in [-0.1, -0.05) is 25.9 Å². The molecule has 2 heterocycles. The summed E-state index contributed by atoms with van der Waals surface area (Å²) in [5, 5.41) is 7.72. The third kappa shape index (κ3) is 4.85. The second kappa shape index (κ2) is 9.13. The lowest BCUT2D eigenvalue weighted by Crippen LogP contribution is -2.16. The molecule has 0 radical (unpaired) electrons. The molecule has 0 bridgehead atoms. The van der Waals surface area contributed by atoms with Gasteiger partial charge in [0.25, 0.3) is 0 Å². The second-order valence-corrected chi connectivity index (χ2v) is 9.15. The van der Waals surface area contributed by atoms with E-state index in [2.05, 4.69) is 15.5 Å². The first-order valence-electron chi connectivity index (χ1n) is 11.0. The quantitative estimate of drug-likeness (QED) is 0.401. The predicted octanol–water partition coefficient (Wildman–Crippen LogP) is 5.03. The Balaban J connectivity index is 1.42. The van der Waals surface area contributed by atoms with Crippen molar-refractivity contribution in [3.8, 4) is 17.1 Å². The van der Waals surface area contributed by atoms with E-state index < -0.39 is 5.63 Å². The van der Waals surface area contributed by atoms with E-state index in [4.69, 9.17) is 13.7 Å². The molecule has 8 heteroatoms. The third-order valence-electron chi connectivity index (χ3n) is 5.59. The first kappa shape index (κ1) is 23.2. The normalized spacial score (nSPS) is 11.6. The first-order valence-corrected chi connectivity index (χ1v) is 11.0. The van der Waals surface area contributed by atoms with Crippen molar-refractivity contribution in [2.24, 2.45) is 0 Å². The molecule has 2 aromatic heterocycles. The number of aryl methyl sites for hydroxylation is 1. The van der Waals surface area contributed by atoms with Gasteiger partial charge in [-0.2, -0.15) is 4.98 Å². The zero-order chi connectivity index (χ0) is 24.5. The minimum Gasteiger partial charge on any atom is -0.497 e. The maximum Gasteiger partial charge on any atom is 0.339 e. The summed E-state index contributed by atoms with van der Waals surface area (Å²) in [6.45, 7) is 7.87. The van der Waals surface area contributed by atoms with Crippen LogP contribution >= 0.6 is 0 Å². The summed E-state index contributed by atoms with van der Waals surface area (Å²) < 4.78 is 16.0. The lowest BCUT2D eigenvalue weighted by Gasteiger charge is -2.10. The molecular formula is C26H27N3O5. The van der Waals surface area contributed by atoms with Gasteiger partial charge in [-0.15, -0.1) is 0 Å². The van der Waals surface area contributed by atoms with Crippen LogP contribution in [0.1, 0.15) is 44.2 Å². The highest BCUT2D eigenvalue weighted by atomic mass is 16.5. The van der Waals surface area contributed by atoms with Gasteiger partial charge in [-0.25, -0.2) is 4.79 Å². The highest BCUT2D eigenvalue weighted by molar-refractivity contribution is 5.91. The molecule has 34 heavy (non-hydrogen) atoms. The van der Waals surface area contributed by atoms with E-state index >= 15 is 0 Å². The number of methoxy groups -OCH3 is 1. The number of fused-ring (bicyclic) bond motifs is 1. The van der Waals surface area contributed by atoms with Crippen molar-refractivity contribution in [3.05, 3.63) is 69.9 Å². The Morgan fingerprint density at radius 3 is 2.50 bits per heavy atom. The fraction of sp³-hybridized carbons (Fsp3) is 0.308. The molecule has 0 saturated heterocycles. The zero-order valence-corrected chi connectivity index (χ0v) is 19.9. The van der Waals surface area contributed by atoms with Gasteiger partial charge in [-0.05, 0) is 55.3 Å². The molecule has 0 aliphatic heterocycles. The molecule has 1 N–H and O–H groups in total. The molecule has 0 saturated carbocycles. The second-order valence-electron chi connectivity index (χ2n) is 9.15. The van der Waals surface area contributed by atoms with Gasteiger partial charge in [0.2, 0.25) is 17.6 Å². The van der Waals surface area contributed by atoms with Gasteiger partial charge in [0.15, 0.2) is 0 Å². The summed E-state index contributed by atoms with van der Waals surface area (Å²) in [6, 6.07) is 12.6. The molecule has 176 valence electrons. The van der Waals surface area contributed by atoms with Gasteiger partial charge >= 0.3 is 5.63 Å². The Bertz CT molecular complexity index is 1390. The van der Waals surface area contributed by atoms with Crippen molar-refractivity contribution in [1.82, 2.24) is 10.1 Å². The minimum atomic E-state index is -0.440. The molecule has 4 aromatic rings. The molecule has 0 atom stereocenters. The van der Waals surface area contributed by atoms with E-state index in [-0.39, 0.29) is 24.2 Å². The van der Waals surface area contributed by atoms with Crippen LogP contribution in [-0.4, -0.2) is 23.2 Å². The van der Waals surface area contributed by atoms with E-state index in [1.807, 2.05) is 52.0 Å². The van der Waals surface area contributed by atoms with Gasteiger partial charge in [0.05, 0.1) is 7.11 Å². The Morgan fingerprint density at radius 2 is 1.85 bits per heavy atom. The first-order chi connectivity index (χ1) is 16.2. The Labute approximate surface area is 196 Å². The highest BCUT2D eigenvalue weighted by Crippen LogP contribution is 2.26. The lowest BCUT2D eigenvalue weighted by molar-refractivity contribution is -0.116. The van der Waals surface area contributed by atoms with Crippen LogP contribution in [0, 0.1) is 6.92 Å². The molecule has 4 rings (SSSR count). The number of hydrogen-bond acceptors (Lipinski definition) is 7. The molecule has 0 aliphatic carbocycles. The summed E-state index contributed by atoms with van der Waals surface area (Å²) in [6.07, 6.45) is 0.424. The van der Waals surface area contributed by atoms with Crippen molar-refractivity contribution < 1.29 is 18.5 Å². The van der Waals surface area contributed by atoms with Crippen LogP contribution in [-0.2, 0) is 16.6 Å². The summed E-state index contributed by atoms with van der Waals surface area (Å²) >= 11 is 0. The van der Waals surface area contributed by atoms with Crippen molar-refractivity contribution in [3.63, 3.8) is 0 Å². The van der Waals surface area contributed by atoms with E-state index in [0.717, 1.165) is 16.5 Å². The summed E-state index contributed by atoms with van der Waals surface area (Å²) in [4.78, 5) is 29.5. The smallest absolute Gasteiger partial charge is 0.339 e. The number of nitrogens with one attached hydrogen (secondary N) is 1. The maximum absolute atomic E-state index is 12.5. The Hall–Kier alpha value is -3.94. The van der Waals surface area contributed by atoms with E-state index in [9.17, 15) is 9.59 Å². The van der Waals surface area contributed by atoms with Crippen molar-refractivity contribution in [2.75, 3.05) is 12.4 Å². The molecule has 8 nitrogen and oxygen atoms in total. The number of aromatic nitrogens is 2. The number of anilines is 1. The average Bonchev–Trinajstić information content (AvgIpc) is 3.30. The predicted molar refractivity (Wildman–Crippen MR) is 129 cm³/mol.